The third-order valence-corrected chi connectivity index (χ3v) is 11.7. The molecule has 0 saturated carbocycles. The molecule has 0 N–H and O–H groups in total. The van der Waals surface area contributed by atoms with Crippen molar-refractivity contribution >= 4 is 35.5 Å². The normalized spacial score (nSPS) is 34.8. The van der Waals surface area contributed by atoms with E-state index < -0.39 is 11.2 Å². The number of likely N-dealkylation sites (N-methyl/N-ethyl adjacent to an activating group) is 1. The van der Waals surface area contributed by atoms with Gasteiger partial charge in [0.05, 0.1) is 13.2 Å². The van der Waals surface area contributed by atoms with Crippen molar-refractivity contribution in [3.05, 3.63) is 0 Å². The van der Waals surface area contributed by atoms with Crippen LogP contribution in [0.15, 0.2) is 0 Å². The Kier molecular flexibility index (Phi) is 12.1. The van der Waals surface area contributed by atoms with E-state index in [1.807, 2.05) is 35.5 Å². The monoisotopic (exact) mass is 604 g/mol. The second-order valence-electron chi connectivity index (χ2n) is 12.3. The van der Waals surface area contributed by atoms with Crippen LogP contribution in [0.2, 0.25) is 0 Å². The lowest BCUT2D eigenvalue weighted by Gasteiger charge is -2.59. The molecule has 232 valence electrons. The molecule has 3 fully saturated rings. The SMILES string of the molecule is CCC12N(CC(C)C)C(=O)C(CCCOC3CSC(OC(C)C)CS3)CC1(CC)[N+](C)(COC)C(=O)N2COC. The van der Waals surface area contributed by atoms with Crippen LogP contribution in [0.1, 0.15) is 73.6 Å². The number of rotatable bonds is 15. The van der Waals surface area contributed by atoms with E-state index in [9.17, 15) is 9.59 Å². The van der Waals surface area contributed by atoms with Crippen LogP contribution in [0.5, 0.6) is 0 Å². The van der Waals surface area contributed by atoms with E-state index in [-0.39, 0.29) is 58.7 Å². The molecule has 11 heteroatoms. The Morgan fingerprint density at radius 3 is 2.20 bits per heavy atom. The Bertz CT molecular complexity index is 858. The summed E-state index contributed by atoms with van der Waals surface area (Å²) in [5.74, 6) is 2.07. The van der Waals surface area contributed by atoms with Crippen molar-refractivity contribution in [2.75, 3.05) is 59.4 Å². The maximum Gasteiger partial charge on any atom is 0.425 e. The van der Waals surface area contributed by atoms with Crippen LogP contribution in [-0.2, 0) is 23.7 Å². The highest BCUT2D eigenvalue weighted by molar-refractivity contribution is 8.06. The quantitative estimate of drug-likeness (QED) is 0.187. The van der Waals surface area contributed by atoms with Crippen LogP contribution >= 0.6 is 23.5 Å². The summed E-state index contributed by atoms with van der Waals surface area (Å²) in [5.41, 5.74) is -0.917. The number of nitrogens with zero attached hydrogens (tertiary/aromatic N) is 3. The van der Waals surface area contributed by atoms with Crippen molar-refractivity contribution in [2.45, 2.75) is 102 Å². The fourth-order valence-corrected chi connectivity index (χ4v) is 10.1. The third kappa shape index (κ3) is 6.08. The van der Waals surface area contributed by atoms with Gasteiger partial charge >= 0.3 is 6.03 Å². The van der Waals surface area contributed by atoms with E-state index in [0.717, 1.165) is 30.8 Å². The van der Waals surface area contributed by atoms with E-state index in [4.69, 9.17) is 18.9 Å². The maximum absolute atomic E-state index is 14.3. The minimum Gasteiger partial charge on any atom is -0.367 e. The van der Waals surface area contributed by atoms with Gasteiger partial charge in [-0.15, -0.1) is 23.5 Å². The molecule has 3 amide bonds. The first-order valence-corrected chi connectivity index (χ1v) is 17.0. The number of thioether (sulfide) groups is 2. The lowest BCUT2D eigenvalue weighted by atomic mass is 9.66. The van der Waals surface area contributed by atoms with Crippen LogP contribution in [0.3, 0.4) is 0 Å². The number of methoxy groups -OCH3 is 2. The fraction of sp³-hybridized carbons (Fsp3) is 0.931. The van der Waals surface area contributed by atoms with Gasteiger partial charge in [-0.3, -0.25) is 4.79 Å². The highest BCUT2D eigenvalue weighted by atomic mass is 32.2. The number of carbonyl (C=O) groups excluding carboxylic acids is 2. The highest BCUT2D eigenvalue weighted by Crippen LogP contribution is 2.58. The zero-order valence-electron chi connectivity index (χ0n) is 26.3. The molecule has 0 aromatic carbocycles. The minimum atomic E-state index is -0.777. The largest absolute Gasteiger partial charge is 0.425 e. The summed E-state index contributed by atoms with van der Waals surface area (Å²) in [4.78, 5) is 32.4. The molecule has 3 aliphatic heterocycles. The zero-order chi connectivity index (χ0) is 29.7. The molecular weight excluding hydrogens is 550 g/mol. The molecule has 3 saturated heterocycles. The van der Waals surface area contributed by atoms with Crippen molar-refractivity contribution in [3.8, 4) is 0 Å². The Hall–Kier alpha value is -0.560. The second kappa shape index (κ2) is 14.3. The number of piperidine rings is 1. The molecule has 6 atom stereocenters. The number of amides is 3. The van der Waals surface area contributed by atoms with Gasteiger partial charge in [-0.05, 0) is 39.0 Å². The van der Waals surface area contributed by atoms with Crippen LogP contribution in [0.4, 0.5) is 4.79 Å². The third-order valence-electron chi connectivity index (χ3n) is 8.97. The van der Waals surface area contributed by atoms with Gasteiger partial charge in [-0.2, -0.15) is 0 Å². The van der Waals surface area contributed by atoms with Gasteiger partial charge in [-0.25, -0.2) is 14.2 Å². The summed E-state index contributed by atoms with van der Waals surface area (Å²) in [6, 6.07) is -0.0375. The molecule has 0 aliphatic carbocycles. The topological polar surface area (TPSA) is 77.5 Å². The van der Waals surface area contributed by atoms with Crippen molar-refractivity contribution in [1.29, 1.82) is 0 Å². The summed E-state index contributed by atoms with van der Waals surface area (Å²) in [5, 5.41) is 0. The van der Waals surface area contributed by atoms with E-state index in [1.54, 1.807) is 14.2 Å². The first kappa shape index (κ1) is 33.9. The van der Waals surface area contributed by atoms with Crippen LogP contribution < -0.4 is 0 Å². The van der Waals surface area contributed by atoms with E-state index >= 15 is 0 Å². The van der Waals surface area contributed by atoms with Crippen LogP contribution in [0, 0.1) is 11.8 Å². The average Bonchev–Trinajstić information content (AvgIpc) is 3.06. The standard InChI is InChI=1S/C29H54N3O6S2/c1-10-28-15-23(13-12-14-37-24-17-40-25(18-39-24)38-22(5)6)26(33)30(16-21(3)4)29(28,11-2)31(19-35-8)27(34)32(28,7)20-36-9/h21-25H,10-20H2,1-9H3/q+1. The molecule has 0 aromatic rings. The Morgan fingerprint density at radius 2 is 1.68 bits per heavy atom. The van der Waals surface area contributed by atoms with E-state index in [0.29, 0.717) is 26.0 Å². The molecule has 6 unspecified atom stereocenters. The van der Waals surface area contributed by atoms with Gasteiger partial charge in [0, 0.05) is 57.6 Å². The molecule has 40 heavy (non-hydrogen) atoms. The van der Waals surface area contributed by atoms with Crippen molar-refractivity contribution in [2.24, 2.45) is 11.8 Å². The van der Waals surface area contributed by atoms with Crippen LogP contribution in [0.25, 0.3) is 0 Å². The number of hydrogen-bond donors (Lipinski definition) is 0. The lowest BCUT2D eigenvalue weighted by molar-refractivity contribution is -0.901. The number of fused-ring (bicyclic) bond motifs is 1. The molecule has 3 aliphatic rings. The molecule has 0 aromatic heterocycles. The predicted molar refractivity (Wildman–Crippen MR) is 162 cm³/mol. The molecule has 0 bridgehead atoms. The van der Waals surface area contributed by atoms with Crippen molar-refractivity contribution < 1.29 is 33.0 Å². The van der Waals surface area contributed by atoms with E-state index in [2.05, 4.69) is 46.4 Å². The Labute approximate surface area is 250 Å². The smallest absolute Gasteiger partial charge is 0.367 e. The predicted octanol–water partition coefficient (Wildman–Crippen LogP) is 5.19. The van der Waals surface area contributed by atoms with Gasteiger partial charge in [0.1, 0.15) is 17.6 Å². The molecule has 3 rings (SSSR count). The summed E-state index contributed by atoms with van der Waals surface area (Å²) >= 11 is 3.65. The average molecular weight is 605 g/mol. The second-order valence-corrected chi connectivity index (χ2v) is 14.6. The maximum atomic E-state index is 14.3. The Balaban J connectivity index is 1.82. The number of likely N-dealkylation sites (tertiary alicyclic amines) is 1. The summed E-state index contributed by atoms with van der Waals surface area (Å²) in [6.45, 7) is 14.3. The molecule has 0 spiro atoms. The minimum absolute atomic E-state index is 0.0375. The van der Waals surface area contributed by atoms with Crippen molar-refractivity contribution in [3.63, 3.8) is 0 Å². The first-order chi connectivity index (χ1) is 19.0. The molecule has 3 heterocycles. The fourth-order valence-electron chi connectivity index (χ4n) is 7.45. The summed E-state index contributed by atoms with van der Waals surface area (Å²) < 4.78 is 23.6. The van der Waals surface area contributed by atoms with Gasteiger partial charge < -0.3 is 23.8 Å². The van der Waals surface area contributed by atoms with Gasteiger partial charge in [0.25, 0.3) is 0 Å². The van der Waals surface area contributed by atoms with Crippen LogP contribution in [-0.4, -0.2) is 114 Å². The number of carbonyl (C=O) groups is 2. The number of quaternary nitrogens is 1. The lowest BCUT2D eigenvalue weighted by Crippen LogP contribution is -2.78. The first-order valence-electron chi connectivity index (χ1n) is 14.9. The van der Waals surface area contributed by atoms with Gasteiger partial charge in [0.15, 0.2) is 17.9 Å². The number of urea groups is 1. The molecular formula is C29H54N3O6S2+. The number of ether oxygens (including phenoxy) is 4. The molecule has 9 nitrogen and oxygen atoms in total. The van der Waals surface area contributed by atoms with Gasteiger partial charge in [-0.1, -0.05) is 27.7 Å². The highest BCUT2D eigenvalue weighted by Gasteiger charge is 2.79. The summed E-state index contributed by atoms with van der Waals surface area (Å²) in [7, 11) is 5.26. The number of hydrogen-bond acceptors (Lipinski definition) is 8. The van der Waals surface area contributed by atoms with Crippen molar-refractivity contribution in [1.82, 2.24) is 9.80 Å². The Morgan fingerprint density at radius 1 is 1.00 bits per heavy atom. The zero-order valence-corrected chi connectivity index (χ0v) is 27.9. The van der Waals surface area contributed by atoms with Gasteiger partial charge in [0.2, 0.25) is 5.91 Å². The molecule has 0 radical (unpaired) electrons. The van der Waals surface area contributed by atoms with E-state index in [1.165, 1.54) is 0 Å². The summed E-state index contributed by atoms with van der Waals surface area (Å²) in [6.07, 6.45) is 3.81.